The summed E-state index contributed by atoms with van der Waals surface area (Å²) in [4.78, 5) is 4.48. The van der Waals surface area contributed by atoms with E-state index in [9.17, 15) is 20.4 Å². The Morgan fingerprint density at radius 3 is 1.95 bits per heavy atom. The van der Waals surface area contributed by atoms with Gasteiger partial charge in [-0.1, -0.05) is 64.7 Å². The van der Waals surface area contributed by atoms with Crippen LogP contribution in [-0.4, -0.2) is 70.6 Å². The first kappa shape index (κ1) is 31.0. The number of hydrogen-bond donors (Lipinski definition) is 4. The lowest BCUT2D eigenvalue weighted by Crippen LogP contribution is -2.60. The number of aliphatic imine (C=N–C) groups is 1. The van der Waals surface area contributed by atoms with Crippen molar-refractivity contribution in [1.29, 1.82) is 0 Å². The third-order valence-electron chi connectivity index (χ3n) is 6.95. The number of ether oxygens (including phenoxy) is 3. The minimum absolute atomic E-state index is 0.391. The van der Waals surface area contributed by atoms with Crippen LogP contribution < -0.4 is 9.47 Å². The van der Waals surface area contributed by atoms with Crippen LogP contribution in [0, 0.1) is 0 Å². The van der Waals surface area contributed by atoms with Crippen molar-refractivity contribution in [3.05, 3.63) is 54.1 Å². The second-order valence-electron chi connectivity index (χ2n) is 10.2. The van der Waals surface area contributed by atoms with Gasteiger partial charge in [-0.05, 0) is 60.5 Å². The first-order valence-corrected chi connectivity index (χ1v) is 14.4. The molecule has 1 aliphatic heterocycles. The maximum atomic E-state index is 10.1. The Kier molecular flexibility index (Phi) is 13.7. The van der Waals surface area contributed by atoms with Crippen molar-refractivity contribution in [3.63, 3.8) is 0 Å². The average molecular weight is 544 g/mol. The van der Waals surface area contributed by atoms with Gasteiger partial charge in [-0.15, -0.1) is 0 Å². The molecule has 1 saturated heterocycles. The maximum Gasteiger partial charge on any atom is 0.229 e. The molecule has 2 aromatic rings. The second-order valence-corrected chi connectivity index (χ2v) is 10.2. The van der Waals surface area contributed by atoms with Crippen LogP contribution >= 0.6 is 0 Å². The van der Waals surface area contributed by atoms with Gasteiger partial charge in [-0.3, -0.25) is 4.99 Å². The molecule has 1 heterocycles. The topological polar surface area (TPSA) is 121 Å². The molecule has 39 heavy (non-hydrogen) atoms. The van der Waals surface area contributed by atoms with E-state index in [0.29, 0.717) is 11.4 Å². The molecule has 0 aliphatic carbocycles. The minimum Gasteiger partial charge on any atom is -0.494 e. The smallest absolute Gasteiger partial charge is 0.229 e. The van der Waals surface area contributed by atoms with Crippen LogP contribution in [0.3, 0.4) is 0 Å². The van der Waals surface area contributed by atoms with Gasteiger partial charge in [-0.25, -0.2) is 0 Å². The molecule has 0 spiro atoms. The van der Waals surface area contributed by atoms with Crippen molar-refractivity contribution in [3.8, 4) is 11.5 Å². The van der Waals surface area contributed by atoms with Crippen LogP contribution in [0.5, 0.6) is 11.5 Å². The van der Waals surface area contributed by atoms with Crippen molar-refractivity contribution in [2.24, 2.45) is 4.99 Å². The minimum atomic E-state index is -1.48. The highest BCUT2D eigenvalue weighted by Crippen LogP contribution is 2.26. The fourth-order valence-electron chi connectivity index (χ4n) is 4.49. The van der Waals surface area contributed by atoms with Gasteiger partial charge in [-0.2, -0.15) is 0 Å². The molecule has 1 aliphatic rings. The molecule has 8 nitrogen and oxygen atoms in total. The lowest BCUT2D eigenvalue weighted by molar-refractivity contribution is -0.277. The van der Waals surface area contributed by atoms with Crippen LogP contribution in [0.25, 0.3) is 0 Å². The van der Waals surface area contributed by atoms with Crippen molar-refractivity contribution in [2.75, 3.05) is 13.2 Å². The van der Waals surface area contributed by atoms with E-state index in [2.05, 4.69) is 11.9 Å². The molecule has 3 rings (SSSR count). The standard InChI is InChI=1S/C31H45NO7/c1-2-3-4-5-6-7-8-9-10-11-20-37-25-16-12-23(13-17-25)21-32-24-14-18-26(19-15-24)38-31-30(36)29(35)28(34)27(22-33)39-31/h12-19,21,27-31,33-36H,2-11,20,22H2,1H3/t27-,28-,29+,30-,31+/m1/s1. The number of aliphatic hydroxyl groups is 4. The van der Waals surface area contributed by atoms with Gasteiger partial charge >= 0.3 is 0 Å². The van der Waals surface area contributed by atoms with E-state index in [0.717, 1.165) is 24.3 Å². The lowest BCUT2D eigenvalue weighted by Gasteiger charge is -2.39. The molecule has 5 atom stereocenters. The van der Waals surface area contributed by atoms with Crippen molar-refractivity contribution in [2.45, 2.75) is 102 Å². The summed E-state index contributed by atoms with van der Waals surface area (Å²) in [5, 5.41) is 39.2. The summed E-state index contributed by atoms with van der Waals surface area (Å²) in [6.45, 7) is 2.48. The quantitative estimate of drug-likeness (QED) is 0.165. The number of unbranched alkanes of at least 4 members (excludes halogenated alkanes) is 9. The van der Waals surface area contributed by atoms with Gasteiger partial charge in [0.1, 0.15) is 35.9 Å². The Morgan fingerprint density at radius 2 is 1.33 bits per heavy atom. The first-order valence-electron chi connectivity index (χ1n) is 14.4. The van der Waals surface area contributed by atoms with Crippen LogP contribution in [-0.2, 0) is 4.74 Å². The highest BCUT2D eigenvalue weighted by atomic mass is 16.7. The number of nitrogens with zero attached hydrogens (tertiary/aromatic N) is 1. The van der Waals surface area contributed by atoms with Crippen LogP contribution in [0.1, 0.15) is 76.7 Å². The summed E-state index contributed by atoms with van der Waals surface area (Å²) in [7, 11) is 0. The van der Waals surface area contributed by atoms with E-state index < -0.39 is 37.3 Å². The zero-order valence-corrected chi connectivity index (χ0v) is 23.0. The predicted molar refractivity (Wildman–Crippen MR) is 152 cm³/mol. The fraction of sp³-hybridized carbons (Fsp3) is 0.581. The number of rotatable bonds is 17. The molecule has 216 valence electrons. The molecule has 0 amide bonds. The molecule has 8 heteroatoms. The van der Waals surface area contributed by atoms with E-state index in [-0.39, 0.29) is 0 Å². The summed E-state index contributed by atoms with van der Waals surface area (Å²) in [5.74, 6) is 1.25. The van der Waals surface area contributed by atoms with Gasteiger partial charge in [0.25, 0.3) is 0 Å². The van der Waals surface area contributed by atoms with E-state index in [1.165, 1.54) is 57.8 Å². The molecule has 2 aromatic carbocycles. The third kappa shape index (κ3) is 10.5. The molecule has 0 aromatic heterocycles. The third-order valence-corrected chi connectivity index (χ3v) is 6.95. The van der Waals surface area contributed by atoms with Gasteiger partial charge in [0, 0.05) is 6.21 Å². The van der Waals surface area contributed by atoms with Gasteiger partial charge in [0.05, 0.1) is 18.9 Å². The van der Waals surface area contributed by atoms with Crippen molar-refractivity contribution < 1.29 is 34.6 Å². The molecular formula is C31H45NO7. The monoisotopic (exact) mass is 543 g/mol. The Balaban J connectivity index is 1.35. The van der Waals surface area contributed by atoms with Gasteiger partial charge in [0.2, 0.25) is 6.29 Å². The highest BCUT2D eigenvalue weighted by molar-refractivity contribution is 5.82. The molecular weight excluding hydrogens is 498 g/mol. The van der Waals surface area contributed by atoms with Gasteiger partial charge < -0.3 is 34.6 Å². The molecule has 1 fully saturated rings. The van der Waals surface area contributed by atoms with Crippen LogP contribution in [0.2, 0.25) is 0 Å². The molecule has 4 N–H and O–H groups in total. The summed E-state index contributed by atoms with van der Waals surface area (Å²) >= 11 is 0. The van der Waals surface area contributed by atoms with E-state index >= 15 is 0 Å². The fourth-order valence-corrected chi connectivity index (χ4v) is 4.49. The highest BCUT2D eigenvalue weighted by Gasteiger charge is 2.44. The zero-order valence-electron chi connectivity index (χ0n) is 23.0. The second kappa shape index (κ2) is 17.3. The van der Waals surface area contributed by atoms with Crippen molar-refractivity contribution >= 4 is 11.9 Å². The molecule has 0 radical (unpaired) electrons. The summed E-state index contributed by atoms with van der Waals surface area (Å²) in [5.41, 5.74) is 1.65. The molecule has 0 bridgehead atoms. The zero-order chi connectivity index (χ0) is 27.9. The summed E-state index contributed by atoms with van der Waals surface area (Å²) in [6.07, 6.45) is 8.23. The normalized spacial score (nSPS) is 23.3. The van der Waals surface area contributed by atoms with Crippen LogP contribution in [0.4, 0.5) is 5.69 Å². The molecule has 0 saturated carbocycles. The number of benzene rings is 2. The maximum absolute atomic E-state index is 10.1. The Labute approximate surface area is 232 Å². The average Bonchev–Trinajstić information content (AvgIpc) is 2.96. The molecule has 0 unspecified atom stereocenters. The first-order chi connectivity index (χ1) is 19.0. The van der Waals surface area contributed by atoms with E-state index in [1.54, 1.807) is 30.5 Å². The Morgan fingerprint density at radius 1 is 0.744 bits per heavy atom. The van der Waals surface area contributed by atoms with Crippen LogP contribution in [0.15, 0.2) is 53.5 Å². The lowest BCUT2D eigenvalue weighted by atomic mass is 9.99. The predicted octanol–water partition coefficient (Wildman–Crippen LogP) is 4.92. The summed E-state index contributed by atoms with van der Waals surface area (Å²) in [6, 6.07) is 14.7. The largest absolute Gasteiger partial charge is 0.494 e. The number of hydrogen-bond acceptors (Lipinski definition) is 8. The number of aliphatic hydroxyl groups excluding tert-OH is 4. The summed E-state index contributed by atoms with van der Waals surface area (Å²) < 4.78 is 16.9. The van der Waals surface area contributed by atoms with Gasteiger partial charge in [0.15, 0.2) is 0 Å². The van der Waals surface area contributed by atoms with E-state index in [4.69, 9.17) is 14.2 Å². The SMILES string of the molecule is CCCCCCCCCCCCOc1ccc(C=Nc2ccc(O[C@H]3O[C@H](CO)[C@@H](O)[C@H](O)[C@H]3O)cc2)cc1. The Bertz CT molecular complexity index is 948. The van der Waals surface area contributed by atoms with Crippen molar-refractivity contribution in [1.82, 2.24) is 0 Å². The Hall–Kier alpha value is -2.49. The van der Waals surface area contributed by atoms with E-state index in [1.807, 2.05) is 24.3 Å².